The number of thioether (sulfide) groups is 2. The van der Waals surface area contributed by atoms with E-state index in [9.17, 15) is 44.1 Å². The minimum absolute atomic E-state index is 0. The maximum Gasteiger partial charge on any atom is 0.673 e. The summed E-state index contributed by atoms with van der Waals surface area (Å²) in [6.45, 7) is 11.9. The van der Waals surface area contributed by atoms with E-state index in [0.717, 1.165) is 96.4 Å². The molecule has 2 N–H and O–H groups in total. The molecule has 2 aromatic carbocycles. The summed E-state index contributed by atoms with van der Waals surface area (Å²) in [5.41, 5.74) is 5.62. The van der Waals surface area contributed by atoms with Crippen molar-refractivity contribution in [3.05, 3.63) is 144 Å². The van der Waals surface area contributed by atoms with Crippen LogP contribution in [0.1, 0.15) is 95.6 Å². The number of halogens is 8. The van der Waals surface area contributed by atoms with Gasteiger partial charge >= 0.3 is 35.1 Å². The molecule has 0 spiro atoms. The summed E-state index contributed by atoms with van der Waals surface area (Å²) < 4.78 is 98.5. The first kappa shape index (κ1) is 85.6. The van der Waals surface area contributed by atoms with E-state index in [1.165, 1.54) is 61.0 Å². The van der Waals surface area contributed by atoms with Crippen molar-refractivity contribution in [2.45, 2.75) is 107 Å². The minimum Gasteiger partial charge on any atom is -0.418 e. The first-order valence-electron chi connectivity index (χ1n) is 31.5. The summed E-state index contributed by atoms with van der Waals surface area (Å²) in [6.07, 6.45) is 17.4. The van der Waals surface area contributed by atoms with E-state index in [0.29, 0.717) is 29.3 Å². The van der Waals surface area contributed by atoms with Gasteiger partial charge in [0, 0.05) is 108 Å². The first-order valence-corrected chi connectivity index (χ1v) is 39.5. The van der Waals surface area contributed by atoms with E-state index in [1.54, 1.807) is 21.3 Å². The second kappa shape index (κ2) is 40.6. The Morgan fingerprint density at radius 1 is 0.568 bits per heavy atom. The molecule has 6 aromatic rings. The van der Waals surface area contributed by atoms with Crippen LogP contribution in [0.15, 0.2) is 122 Å². The maximum atomic E-state index is 13.7. The first-order chi connectivity index (χ1) is 43.3. The number of rotatable bonds is 25. The number of nitrogens with one attached hydrogen (secondary N) is 2. The van der Waals surface area contributed by atoms with Crippen LogP contribution in [0.4, 0.5) is 34.5 Å². The van der Waals surface area contributed by atoms with E-state index in [4.69, 9.17) is 13.3 Å². The third kappa shape index (κ3) is 26.5. The topological polar surface area (TPSA) is 126 Å². The van der Waals surface area contributed by atoms with E-state index < -0.39 is 31.4 Å². The molecule has 6 saturated heterocycles. The molecule has 6 fully saturated rings. The highest BCUT2D eigenvalue weighted by molar-refractivity contribution is 7.99. The van der Waals surface area contributed by atoms with Crippen molar-refractivity contribution in [1.29, 1.82) is 0 Å². The Labute approximate surface area is 595 Å². The van der Waals surface area contributed by atoms with Crippen molar-refractivity contribution in [2.24, 2.45) is 37.8 Å². The fraction of sp³-hybridized carbons (Fsp3) is 0.531. The average Bonchev–Trinajstić information content (AvgIpc) is 0.770. The number of piperidine rings is 6. The van der Waals surface area contributed by atoms with Crippen LogP contribution in [0.5, 0.6) is 0 Å². The Hall–Kier alpha value is -3.60. The summed E-state index contributed by atoms with van der Waals surface area (Å²) in [7, 11) is -6.49. The number of pyridine rings is 4. The van der Waals surface area contributed by atoms with Gasteiger partial charge in [-0.25, -0.2) is 0 Å². The zero-order valence-corrected chi connectivity index (χ0v) is 63.2. The molecule has 13 nitrogen and oxygen atoms in total. The molecule has 4 bridgehead atoms. The van der Waals surface area contributed by atoms with Crippen LogP contribution in [-0.4, -0.2) is 146 Å². The fourth-order valence-corrected chi connectivity index (χ4v) is 19.0. The van der Waals surface area contributed by atoms with Crippen molar-refractivity contribution >= 4 is 143 Å². The van der Waals surface area contributed by atoms with E-state index >= 15 is 0 Å². The van der Waals surface area contributed by atoms with Crippen molar-refractivity contribution in [3.8, 4) is 0 Å². The monoisotopic (exact) mass is 1480 g/mol. The number of aryl methyl sites for hydroxylation is 2. The lowest BCUT2D eigenvalue weighted by molar-refractivity contribution is -0.673. The van der Waals surface area contributed by atoms with Crippen LogP contribution < -0.4 is 19.8 Å². The molecule has 6 aliphatic heterocycles. The van der Waals surface area contributed by atoms with Crippen LogP contribution in [0, 0.1) is 23.7 Å². The van der Waals surface area contributed by atoms with E-state index in [2.05, 4.69) is 110 Å². The van der Waals surface area contributed by atoms with Crippen LogP contribution in [0.2, 0.25) is 31.7 Å². The van der Waals surface area contributed by atoms with Gasteiger partial charge in [0.15, 0.2) is 12.4 Å². The lowest BCUT2D eigenvalue weighted by atomic mass is 9.72. The highest BCUT2D eigenvalue weighted by Crippen LogP contribution is 2.45. The van der Waals surface area contributed by atoms with Crippen molar-refractivity contribution in [1.82, 2.24) is 30.4 Å². The molecule has 530 valence electrons. The van der Waals surface area contributed by atoms with Crippen LogP contribution in [0.3, 0.4) is 0 Å². The predicted octanol–water partition coefficient (Wildman–Crippen LogP) is 13.8. The second-order valence-electron chi connectivity index (χ2n) is 25.2. The normalized spacial score (nSPS) is 21.0. The zero-order chi connectivity index (χ0) is 65.9. The predicted molar refractivity (Wildman–Crippen MR) is 397 cm³/mol. The number of amides is 2. The molecule has 4 aromatic heterocycles. The Kier molecular flexibility index (Phi) is 36.6. The van der Waals surface area contributed by atoms with Crippen LogP contribution in [-0.2, 0) is 27.4 Å². The standard InChI is InChI=1S/C32H44N4O4SSi.C32H44N4OSSi.2BF4.4H2S/c1-35-17-8-7-12-29(35)32(37)34-31(27-13-16-33-28-11-6-5-10-26(27)28)30-22-24-14-18-36(30)23-25(24)15-20-41-19-9-21-42(38-2,39-3)40-4;1-35-17-8-7-12-29(35)32(37)34-31(27-13-16-33-28-11-6-5-10-26(27)28)30-22-24-14-18-36(30)23-25(24)15-20-38-19-9-21-39(2,3)4;2*2-1(3,4)5;;;;/h5-8,10-13,16-17,24-25,30-31H,9,14-15,18-23H2,1-4H3;5-8,10-13,16-17,24-25,30-31H,9,14-15,18-23H2,1-4H3;;;4*1H2/q;;2*-1;;;;/p+2/t2*24?,25?,30-,31-;;;;;;/m00....../s1. The number of carbonyl (C=O) groups excluding carboxylic acids is 2. The fourth-order valence-electron chi connectivity index (χ4n) is 13.5. The van der Waals surface area contributed by atoms with E-state index in [1.807, 2.05) is 108 Å². The van der Waals surface area contributed by atoms with Crippen LogP contribution >= 0.6 is 77.5 Å². The molecule has 31 heteroatoms. The highest BCUT2D eigenvalue weighted by atomic mass is 32.2. The smallest absolute Gasteiger partial charge is 0.418 e. The Morgan fingerprint density at radius 3 is 1.28 bits per heavy atom. The molecule has 0 radical (unpaired) electrons. The maximum absolute atomic E-state index is 13.7. The number of carbonyl (C=O) groups is 2. The van der Waals surface area contributed by atoms with Gasteiger partial charge in [-0.1, -0.05) is 62.1 Å². The second-order valence-corrected chi connectivity index (χ2v) is 36.4. The summed E-state index contributed by atoms with van der Waals surface area (Å²) >= 11 is 4.20. The van der Waals surface area contributed by atoms with Crippen molar-refractivity contribution in [2.75, 3.05) is 70.5 Å². The van der Waals surface area contributed by atoms with Gasteiger partial charge in [0.1, 0.15) is 14.1 Å². The molecule has 12 rings (SSSR count). The van der Waals surface area contributed by atoms with Gasteiger partial charge in [-0.15, -0.1) is 0 Å². The molecule has 6 aliphatic rings. The number of hydrogen-bond acceptors (Lipinski definition) is 11. The van der Waals surface area contributed by atoms with Crippen LogP contribution in [0.25, 0.3) is 21.8 Å². The number of para-hydroxylation sites is 2. The number of aromatic nitrogens is 4. The SMILES string of the molecule is CO[Si](CCCSCCC1CN2CCC1C[C@H]2[C@@H](NC(=O)c1cccc[n+]1C)c1ccnc2ccccc12)(OC)OC.C[n+]1ccccc1C(=O)N[C@@H](c1ccnc2ccccc12)[C@@H]1CC2CCN1CC2CCSCCC[Si](C)(C)C.F[B-](F)(F)F.F[B-](F)(F)F.S.S.S.S. The average molecular weight is 1480 g/mol. The van der Waals surface area contributed by atoms with Crippen molar-refractivity contribution < 1.29 is 66.5 Å². The lowest BCUT2D eigenvalue weighted by Crippen LogP contribution is -2.58. The largest absolute Gasteiger partial charge is 0.673 e. The van der Waals surface area contributed by atoms with Gasteiger partial charge in [0.2, 0.25) is 0 Å². The Bertz CT molecular complexity index is 3250. The van der Waals surface area contributed by atoms with Gasteiger partial charge in [-0.3, -0.25) is 29.4 Å². The van der Waals surface area contributed by atoms with Gasteiger partial charge in [-0.2, -0.15) is 86.6 Å². The third-order valence-electron chi connectivity index (χ3n) is 18.0. The Morgan fingerprint density at radius 2 is 0.937 bits per heavy atom. The third-order valence-corrected chi connectivity index (χ3v) is 24.9. The molecule has 2 amide bonds. The van der Waals surface area contributed by atoms with Gasteiger partial charge in [0.25, 0.3) is 11.4 Å². The summed E-state index contributed by atoms with van der Waals surface area (Å²) in [5.74, 6) is 7.69. The zero-order valence-electron chi connectivity index (χ0n) is 55.6. The molecule has 10 atom stereocenters. The van der Waals surface area contributed by atoms with Gasteiger partial charge in [0.05, 0.1) is 23.1 Å². The van der Waals surface area contributed by atoms with E-state index in [-0.39, 0.29) is 83.9 Å². The number of fused-ring (bicyclic) bond motifs is 8. The van der Waals surface area contributed by atoms with Gasteiger partial charge in [-0.05, 0) is 159 Å². The minimum atomic E-state index is -6.00. The Balaban J connectivity index is 0.000000418. The highest BCUT2D eigenvalue weighted by Gasteiger charge is 2.46. The number of hydrogen-bond donors (Lipinski definition) is 2. The summed E-state index contributed by atoms with van der Waals surface area (Å²) in [6, 6.07) is 35.0. The quantitative estimate of drug-likeness (QED) is 0.0246. The summed E-state index contributed by atoms with van der Waals surface area (Å²) in [4.78, 5) is 41.8. The lowest BCUT2D eigenvalue weighted by Gasteiger charge is -2.52. The molecule has 0 aliphatic carbocycles. The van der Waals surface area contributed by atoms with Gasteiger partial charge < -0.3 is 58.4 Å². The molecular weight excluding hydrogens is 1380 g/mol. The number of nitrogens with zero attached hydrogens (tertiary/aromatic N) is 6. The number of benzene rings is 2. The molecule has 10 heterocycles. The molecule has 95 heavy (non-hydrogen) atoms. The molecule has 6 unspecified atom stereocenters. The van der Waals surface area contributed by atoms with Crippen molar-refractivity contribution in [3.63, 3.8) is 0 Å². The molecule has 0 saturated carbocycles. The molecular formula is C64H98B2F8N8O5S6Si2. The summed E-state index contributed by atoms with van der Waals surface area (Å²) in [5, 5.41) is 9.23.